The number of amides is 3. The minimum Gasteiger partial charge on any atom is -0.325 e. The molecule has 39 heavy (non-hydrogen) atoms. The van der Waals surface area contributed by atoms with Crippen LogP contribution < -0.4 is 15.1 Å². The molecule has 2 aliphatic rings. The first-order valence-electron chi connectivity index (χ1n) is 12.0. The van der Waals surface area contributed by atoms with Crippen LogP contribution in [0, 0.1) is 11.7 Å². The van der Waals surface area contributed by atoms with Gasteiger partial charge >= 0.3 is 4.87 Å². The summed E-state index contributed by atoms with van der Waals surface area (Å²) in [5.41, 5.74) is 1.66. The van der Waals surface area contributed by atoms with E-state index in [0.717, 1.165) is 27.6 Å². The Morgan fingerprint density at radius 3 is 2.31 bits per heavy atom. The fourth-order valence-corrected chi connectivity index (χ4v) is 8.03. The number of hydrogen-bond donors (Lipinski definition) is 1. The number of anilines is 2. The molecule has 3 aromatic carbocycles. The SMILES string of the molecule is O=C(Cn1c2c(sc1=O)[C@@H](c1ccc(F)cc1)[C@@H]1C(=O)N(c3ccc(Br)cc3)C(=O)[C@@H]1S2)Nc1ccccc1. The minimum atomic E-state index is -0.818. The number of rotatable bonds is 5. The molecule has 0 spiro atoms. The number of para-hydroxylation sites is 1. The number of carbonyl (C=O) groups excluding carboxylic acids is 3. The molecule has 196 valence electrons. The number of carbonyl (C=O) groups is 3. The van der Waals surface area contributed by atoms with Crippen LogP contribution >= 0.6 is 39.0 Å². The van der Waals surface area contributed by atoms with Gasteiger partial charge in [-0.15, -0.1) is 0 Å². The Hall–Kier alpha value is -3.54. The summed E-state index contributed by atoms with van der Waals surface area (Å²) in [7, 11) is 0. The van der Waals surface area contributed by atoms with Crippen molar-refractivity contribution >= 4 is 68.1 Å². The quantitative estimate of drug-likeness (QED) is 0.307. The Labute approximate surface area is 238 Å². The summed E-state index contributed by atoms with van der Waals surface area (Å²) in [6.07, 6.45) is 0. The van der Waals surface area contributed by atoms with Gasteiger partial charge in [-0.2, -0.15) is 0 Å². The van der Waals surface area contributed by atoms with E-state index in [2.05, 4.69) is 21.2 Å². The molecule has 6 rings (SSSR count). The Balaban J connectivity index is 1.42. The van der Waals surface area contributed by atoms with E-state index in [1.54, 1.807) is 60.7 Å². The Morgan fingerprint density at radius 1 is 0.923 bits per heavy atom. The van der Waals surface area contributed by atoms with Crippen LogP contribution in [0.15, 0.2) is 93.2 Å². The van der Waals surface area contributed by atoms with Gasteiger partial charge in [-0.1, -0.05) is 69.4 Å². The molecule has 11 heteroatoms. The van der Waals surface area contributed by atoms with E-state index in [0.29, 0.717) is 26.8 Å². The molecule has 3 amide bonds. The number of thiazole rings is 1. The molecular formula is C28H19BrFN3O4S2. The molecule has 4 aromatic rings. The van der Waals surface area contributed by atoms with Crippen LogP contribution in [0.1, 0.15) is 16.4 Å². The maximum absolute atomic E-state index is 13.8. The zero-order chi connectivity index (χ0) is 27.3. The summed E-state index contributed by atoms with van der Waals surface area (Å²) in [4.78, 5) is 55.0. The summed E-state index contributed by atoms with van der Waals surface area (Å²) < 4.78 is 16.0. The highest BCUT2D eigenvalue weighted by Crippen LogP contribution is 2.53. The number of halogens is 2. The molecule has 7 nitrogen and oxygen atoms in total. The van der Waals surface area contributed by atoms with Crippen LogP contribution in [0.5, 0.6) is 0 Å². The number of fused-ring (bicyclic) bond motifs is 2. The van der Waals surface area contributed by atoms with Crippen LogP contribution in [0.3, 0.4) is 0 Å². The third-order valence-electron chi connectivity index (χ3n) is 6.72. The number of benzene rings is 3. The van der Waals surface area contributed by atoms with E-state index in [-0.39, 0.29) is 17.3 Å². The van der Waals surface area contributed by atoms with Crippen molar-refractivity contribution < 1.29 is 18.8 Å². The van der Waals surface area contributed by atoms with Gasteiger partial charge in [-0.25, -0.2) is 9.29 Å². The summed E-state index contributed by atoms with van der Waals surface area (Å²) >= 11 is 5.46. The average molecular weight is 625 g/mol. The van der Waals surface area contributed by atoms with E-state index in [4.69, 9.17) is 0 Å². The highest BCUT2D eigenvalue weighted by molar-refractivity contribution is 9.10. The van der Waals surface area contributed by atoms with Crippen LogP contribution in [0.25, 0.3) is 0 Å². The van der Waals surface area contributed by atoms with Gasteiger partial charge in [0.25, 0.3) is 0 Å². The number of imide groups is 1. The molecule has 1 saturated heterocycles. The molecule has 0 aliphatic carbocycles. The lowest BCUT2D eigenvalue weighted by molar-refractivity contribution is -0.122. The van der Waals surface area contributed by atoms with Gasteiger partial charge in [-0.05, 0) is 54.1 Å². The first kappa shape index (κ1) is 25.7. The summed E-state index contributed by atoms with van der Waals surface area (Å²) in [5, 5.41) is 2.44. The maximum Gasteiger partial charge on any atom is 0.308 e. The molecule has 3 heterocycles. The van der Waals surface area contributed by atoms with Crippen molar-refractivity contribution in [2.75, 3.05) is 10.2 Å². The van der Waals surface area contributed by atoms with Gasteiger partial charge in [0.05, 0.1) is 16.6 Å². The van der Waals surface area contributed by atoms with E-state index in [1.807, 2.05) is 6.07 Å². The molecule has 0 radical (unpaired) electrons. The Morgan fingerprint density at radius 2 is 1.62 bits per heavy atom. The predicted octanol–water partition coefficient (Wildman–Crippen LogP) is 5.25. The Bertz CT molecular complexity index is 1660. The van der Waals surface area contributed by atoms with E-state index in [9.17, 15) is 23.6 Å². The summed E-state index contributed by atoms with van der Waals surface area (Å²) in [6, 6.07) is 21.5. The normalized spacial score (nSPS) is 20.1. The van der Waals surface area contributed by atoms with Crippen molar-refractivity contribution in [3.63, 3.8) is 0 Å². The minimum absolute atomic E-state index is 0.251. The number of hydrogen-bond acceptors (Lipinski definition) is 6. The molecular weight excluding hydrogens is 605 g/mol. The van der Waals surface area contributed by atoms with Crippen molar-refractivity contribution in [2.24, 2.45) is 5.92 Å². The monoisotopic (exact) mass is 623 g/mol. The molecule has 2 aliphatic heterocycles. The molecule has 1 fully saturated rings. The van der Waals surface area contributed by atoms with Crippen molar-refractivity contribution in [1.82, 2.24) is 4.57 Å². The third-order valence-corrected chi connectivity index (χ3v) is 9.85. The molecule has 1 aromatic heterocycles. The second kappa shape index (κ2) is 10.2. The number of nitrogens with zero attached hydrogens (tertiary/aromatic N) is 2. The first-order valence-corrected chi connectivity index (χ1v) is 14.4. The largest absolute Gasteiger partial charge is 0.325 e. The molecule has 3 atom stereocenters. The highest BCUT2D eigenvalue weighted by atomic mass is 79.9. The molecule has 0 unspecified atom stereocenters. The van der Waals surface area contributed by atoms with Crippen LogP contribution in [-0.2, 0) is 20.9 Å². The summed E-state index contributed by atoms with van der Waals surface area (Å²) in [6.45, 7) is -0.251. The van der Waals surface area contributed by atoms with Crippen molar-refractivity contribution in [3.8, 4) is 0 Å². The van der Waals surface area contributed by atoms with Crippen molar-refractivity contribution in [3.05, 3.63) is 109 Å². The van der Waals surface area contributed by atoms with Crippen LogP contribution in [0.4, 0.5) is 15.8 Å². The second-order valence-electron chi connectivity index (χ2n) is 9.12. The van der Waals surface area contributed by atoms with E-state index >= 15 is 0 Å². The fraction of sp³-hybridized carbons (Fsp3) is 0.143. The number of thioether (sulfide) groups is 1. The van der Waals surface area contributed by atoms with Crippen LogP contribution in [-0.4, -0.2) is 27.5 Å². The summed E-state index contributed by atoms with van der Waals surface area (Å²) in [5.74, 6) is -3.05. The smallest absolute Gasteiger partial charge is 0.308 e. The van der Waals surface area contributed by atoms with Gasteiger partial charge < -0.3 is 5.32 Å². The van der Waals surface area contributed by atoms with Gasteiger partial charge in [0.15, 0.2) is 0 Å². The molecule has 1 N–H and O–H groups in total. The number of aromatic nitrogens is 1. The highest BCUT2D eigenvalue weighted by Gasteiger charge is 2.56. The fourth-order valence-electron chi connectivity index (χ4n) is 4.99. The Kier molecular flexibility index (Phi) is 6.74. The number of nitrogens with one attached hydrogen (secondary N) is 1. The van der Waals surface area contributed by atoms with Gasteiger partial charge in [-0.3, -0.25) is 23.7 Å². The zero-order valence-corrected chi connectivity index (χ0v) is 23.3. The predicted molar refractivity (Wildman–Crippen MR) is 152 cm³/mol. The lowest BCUT2D eigenvalue weighted by Crippen LogP contribution is -2.33. The lowest BCUT2D eigenvalue weighted by Gasteiger charge is -2.30. The topological polar surface area (TPSA) is 88.5 Å². The average Bonchev–Trinajstić information content (AvgIpc) is 3.36. The first-order chi connectivity index (χ1) is 18.8. The van der Waals surface area contributed by atoms with E-state index < -0.39 is 34.7 Å². The molecule has 0 bridgehead atoms. The van der Waals surface area contributed by atoms with Crippen molar-refractivity contribution in [1.29, 1.82) is 0 Å². The van der Waals surface area contributed by atoms with E-state index in [1.165, 1.54) is 21.6 Å². The zero-order valence-electron chi connectivity index (χ0n) is 20.0. The maximum atomic E-state index is 13.8. The second-order valence-corrected chi connectivity index (χ2v) is 12.2. The lowest BCUT2D eigenvalue weighted by atomic mass is 9.83. The third kappa shape index (κ3) is 4.64. The van der Waals surface area contributed by atoms with Gasteiger partial charge in [0.1, 0.15) is 17.6 Å². The van der Waals surface area contributed by atoms with Crippen LogP contribution in [0.2, 0.25) is 0 Å². The van der Waals surface area contributed by atoms with Gasteiger partial charge in [0.2, 0.25) is 17.7 Å². The standard InChI is InChI=1S/C28H19BrFN3O4S2/c29-16-8-12-19(13-9-16)33-25(35)22-21(15-6-10-17(30)11-7-15)24-27(38-23(22)26(33)36)32(28(37)39-24)14-20(34)31-18-4-2-1-3-5-18/h1-13,21-23H,14H2,(H,31,34)/t21-,22-,23+/m0/s1. The van der Waals surface area contributed by atoms with Gasteiger partial charge in [0, 0.05) is 21.0 Å². The van der Waals surface area contributed by atoms with Crippen molar-refractivity contribution in [2.45, 2.75) is 22.7 Å². The molecule has 0 saturated carbocycles.